The number of ether oxygens (including phenoxy) is 1. The summed E-state index contributed by atoms with van der Waals surface area (Å²) in [6.45, 7) is 5.77. The second-order valence-corrected chi connectivity index (χ2v) is 4.74. The highest BCUT2D eigenvalue weighted by atomic mass is 16.5. The number of rotatable bonds is 2. The Labute approximate surface area is 102 Å². The Morgan fingerprint density at radius 2 is 2.06 bits per heavy atom. The molecule has 0 aliphatic carbocycles. The molecular weight excluding hydrogens is 214 g/mol. The minimum Gasteiger partial charge on any atom is -0.469 e. The molecule has 1 saturated heterocycles. The van der Waals surface area contributed by atoms with Crippen LogP contribution < -0.4 is 5.32 Å². The summed E-state index contributed by atoms with van der Waals surface area (Å²) in [5, 5.41) is 3.27. The molecule has 0 aromatic heterocycles. The lowest BCUT2D eigenvalue weighted by atomic mass is 9.87. The largest absolute Gasteiger partial charge is 0.469 e. The third kappa shape index (κ3) is 2.34. The molecule has 1 aromatic rings. The highest BCUT2D eigenvalue weighted by molar-refractivity contribution is 5.74. The van der Waals surface area contributed by atoms with Gasteiger partial charge in [-0.25, -0.2) is 0 Å². The van der Waals surface area contributed by atoms with Crippen molar-refractivity contribution in [3.05, 3.63) is 34.9 Å². The van der Waals surface area contributed by atoms with Crippen molar-refractivity contribution in [2.24, 2.45) is 5.92 Å². The number of carbonyl (C=O) groups is 1. The molecule has 0 radical (unpaired) electrons. The van der Waals surface area contributed by atoms with E-state index in [4.69, 9.17) is 4.74 Å². The first-order chi connectivity index (χ1) is 8.13. The van der Waals surface area contributed by atoms with Crippen molar-refractivity contribution < 1.29 is 9.53 Å². The van der Waals surface area contributed by atoms with Gasteiger partial charge in [0.2, 0.25) is 0 Å². The van der Waals surface area contributed by atoms with Crippen LogP contribution in [0.5, 0.6) is 0 Å². The maximum atomic E-state index is 11.7. The van der Waals surface area contributed by atoms with Gasteiger partial charge in [0.15, 0.2) is 0 Å². The van der Waals surface area contributed by atoms with Gasteiger partial charge in [0.1, 0.15) is 0 Å². The molecule has 3 heteroatoms. The van der Waals surface area contributed by atoms with Crippen LogP contribution in [0.15, 0.2) is 18.2 Å². The third-order valence-corrected chi connectivity index (χ3v) is 3.68. The highest BCUT2D eigenvalue weighted by Gasteiger charge is 2.34. The minimum absolute atomic E-state index is 0.0536. The van der Waals surface area contributed by atoms with Crippen LogP contribution in [0.25, 0.3) is 0 Å². The van der Waals surface area contributed by atoms with Gasteiger partial charge in [-0.15, -0.1) is 0 Å². The lowest BCUT2D eigenvalue weighted by Crippen LogP contribution is -2.23. The number of hydrogen-bond donors (Lipinski definition) is 1. The van der Waals surface area contributed by atoms with E-state index >= 15 is 0 Å². The van der Waals surface area contributed by atoms with E-state index in [1.54, 1.807) is 0 Å². The van der Waals surface area contributed by atoms with E-state index in [9.17, 15) is 4.79 Å². The standard InChI is InChI=1S/C14H19NO2/c1-9-4-5-11(6-10(9)2)12-7-15-8-13(12)14(16)17-3/h4-6,12-13,15H,7-8H2,1-3H3/t12-,13?/m0/s1. The van der Waals surface area contributed by atoms with Gasteiger partial charge >= 0.3 is 5.97 Å². The molecule has 2 rings (SSSR count). The zero-order valence-corrected chi connectivity index (χ0v) is 10.6. The van der Waals surface area contributed by atoms with Gasteiger partial charge in [-0.05, 0) is 30.5 Å². The second kappa shape index (κ2) is 4.88. The van der Waals surface area contributed by atoms with Crippen LogP contribution in [0, 0.1) is 19.8 Å². The van der Waals surface area contributed by atoms with E-state index in [2.05, 4.69) is 37.4 Å². The fourth-order valence-corrected chi connectivity index (χ4v) is 2.42. The molecule has 17 heavy (non-hydrogen) atoms. The monoisotopic (exact) mass is 233 g/mol. The first-order valence-corrected chi connectivity index (χ1v) is 5.99. The maximum Gasteiger partial charge on any atom is 0.310 e. The van der Waals surface area contributed by atoms with Crippen LogP contribution in [-0.4, -0.2) is 26.2 Å². The molecule has 0 bridgehead atoms. The lowest BCUT2D eigenvalue weighted by Gasteiger charge is -2.17. The SMILES string of the molecule is COC(=O)C1CNC[C@H]1c1ccc(C)c(C)c1. The Morgan fingerprint density at radius 1 is 1.29 bits per heavy atom. The van der Waals surface area contributed by atoms with Gasteiger partial charge in [0, 0.05) is 19.0 Å². The smallest absolute Gasteiger partial charge is 0.310 e. The Bertz CT molecular complexity index is 428. The second-order valence-electron chi connectivity index (χ2n) is 4.74. The van der Waals surface area contributed by atoms with Gasteiger partial charge in [-0.3, -0.25) is 4.79 Å². The van der Waals surface area contributed by atoms with Crippen LogP contribution in [0.4, 0.5) is 0 Å². The number of hydrogen-bond acceptors (Lipinski definition) is 3. The van der Waals surface area contributed by atoms with Gasteiger partial charge in [-0.1, -0.05) is 18.2 Å². The van der Waals surface area contributed by atoms with Crippen molar-refractivity contribution >= 4 is 5.97 Å². The number of carbonyl (C=O) groups excluding carboxylic acids is 1. The molecular formula is C14H19NO2. The molecule has 0 amide bonds. The molecule has 1 aromatic carbocycles. The molecule has 1 aliphatic heterocycles. The van der Waals surface area contributed by atoms with E-state index in [1.165, 1.54) is 23.8 Å². The Balaban J connectivity index is 2.26. The Morgan fingerprint density at radius 3 is 2.71 bits per heavy atom. The maximum absolute atomic E-state index is 11.7. The summed E-state index contributed by atoms with van der Waals surface area (Å²) in [4.78, 5) is 11.7. The molecule has 3 nitrogen and oxygen atoms in total. The van der Waals surface area contributed by atoms with Crippen molar-refractivity contribution in [3.8, 4) is 0 Å². The molecule has 0 saturated carbocycles. The quantitative estimate of drug-likeness (QED) is 0.791. The number of nitrogens with one attached hydrogen (secondary N) is 1. The summed E-state index contributed by atoms with van der Waals surface area (Å²) in [6, 6.07) is 6.43. The van der Waals surface area contributed by atoms with E-state index in [0.717, 1.165) is 6.54 Å². The number of aryl methyl sites for hydroxylation is 2. The number of methoxy groups -OCH3 is 1. The summed E-state index contributed by atoms with van der Waals surface area (Å²) in [6.07, 6.45) is 0. The Hall–Kier alpha value is -1.35. The average Bonchev–Trinajstić information content (AvgIpc) is 2.80. The van der Waals surface area contributed by atoms with Gasteiger partial charge in [0.05, 0.1) is 13.0 Å². The van der Waals surface area contributed by atoms with Crippen LogP contribution >= 0.6 is 0 Å². The van der Waals surface area contributed by atoms with Gasteiger partial charge in [-0.2, -0.15) is 0 Å². The normalized spacial score (nSPS) is 23.7. The zero-order chi connectivity index (χ0) is 12.4. The molecule has 1 unspecified atom stereocenters. The van der Waals surface area contributed by atoms with Gasteiger partial charge < -0.3 is 10.1 Å². The van der Waals surface area contributed by atoms with E-state index in [1.807, 2.05) is 0 Å². The third-order valence-electron chi connectivity index (χ3n) is 3.68. The lowest BCUT2D eigenvalue weighted by molar-refractivity contribution is -0.145. The molecule has 1 N–H and O–H groups in total. The number of benzene rings is 1. The fraction of sp³-hybridized carbons (Fsp3) is 0.500. The topological polar surface area (TPSA) is 38.3 Å². The van der Waals surface area contributed by atoms with Crippen molar-refractivity contribution in [1.82, 2.24) is 5.32 Å². The molecule has 1 aliphatic rings. The predicted octanol–water partition coefficient (Wildman–Crippen LogP) is 1.78. The Kier molecular flexibility index (Phi) is 3.48. The van der Waals surface area contributed by atoms with E-state index in [0.29, 0.717) is 6.54 Å². The summed E-state index contributed by atoms with van der Waals surface area (Å²) in [5.74, 6) is 0.0714. The summed E-state index contributed by atoms with van der Waals surface area (Å²) >= 11 is 0. The molecule has 92 valence electrons. The fourth-order valence-electron chi connectivity index (χ4n) is 2.42. The summed E-state index contributed by atoms with van der Waals surface area (Å²) < 4.78 is 4.86. The van der Waals surface area contributed by atoms with Crippen LogP contribution in [-0.2, 0) is 9.53 Å². The molecule has 2 atom stereocenters. The minimum atomic E-state index is -0.113. The van der Waals surface area contributed by atoms with Crippen LogP contribution in [0.3, 0.4) is 0 Å². The first kappa shape index (κ1) is 12.1. The van der Waals surface area contributed by atoms with E-state index < -0.39 is 0 Å². The predicted molar refractivity (Wildman–Crippen MR) is 67.0 cm³/mol. The summed E-state index contributed by atoms with van der Waals surface area (Å²) in [5.41, 5.74) is 3.79. The van der Waals surface area contributed by atoms with Gasteiger partial charge in [0.25, 0.3) is 0 Å². The van der Waals surface area contributed by atoms with Crippen LogP contribution in [0.2, 0.25) is 0 Å². The van der Waals surface area contributed by atoms with Crippen molar-refractivity contribution in [1.29, 1.82) is 0 Å². The highest BCUT2D eigenvalue weighted by Crippen LogP contribution is 2.30. The van der Waals surface area contributed by atoms with Crippen LogP contribution in [0.1, 0.15) is 22.6 Å². The van der Waals surface area contributed by atoms with Crippen molar-refractivity contribution in [2.45, 2.75) is 19.8 Å². The van der Waals surface area contributed by atoms with Crippen molar-refractivity contribution in [2.75, 3.05) is 20.2 Å². The number of esters is 1. The van der Waals surface area contributed by atoms with E-state index in [-0.39, 0.29) is 17.8 Å². The first-order valence-electron chi connectivity index (χ1n) is 5.99. The molecule has 0 spiro atoms. The molecule has 1 fully saturated rings. The summed E-state index contributed by atoms with van der Waals surface area (Å²) in [7, 11) is 1.46. The average molecular weight is 233 g/mol. The van der Waals surface area contributed by atoms with Crippen molar-refractivity contribution in [3.63, 3.8) is 0 Å². The zero-order valence-electron chi connectivity index (χ0n) is 10.6. The molecule has 1 heterocycles.